The fourth-order valence-electron chi connectivity index (χ4n) is 1.81. The molecular weight excluding hydrogens is 283 g/mol. The maximum atomic E-state index is 13.2. The van der Waals surface area contributed by atoms with Gasteiger partial charge in [0.25, 0.3) is 10.0 Å². The van der Waals surface area contributed by atoms with E-state index in [9.17, 15) is 12.8 Å². The van der Waals surface area contributed by atoms with Gasteiger partial charge in [0.2, 0.25) is 0 Å². The van der Waals surface area contributed by atoms with Crippen LogP contribution in [0.15, 0.2) is 33.6 Å². The summed E-state index contributed by atoms with van der Waals surface area (Å²) in [5.74, 6) is 0.257. The van der Waals surface area contributed by atoms with E-state index in [1.165, 1.54) is 24.3 Å². The predicted octanol–water partition coefficient (Wildman–Crippen LogP) is 2.30. The van der Waals surface area contributed by atoms with E-state index in [0.29, 0.717) is 17.0 Å². The van der Waals surface area contributed by atoms with E-state index < -0.39 is 15.8 Å². The normalized spacial score (nSPS) is 11.6. The van der Waals surface area contributed by atoms with Crippen LogP contribution in [0, 0.1) is 19.7 Å². The van der Waals surface area contributed by atoms with E-state index >= 15 is 0 Å². The molecule has 0 spiro atoms. The standard InChI is InChI=1S/C13H15FN2O3S/c1-8-5-10(3-4-12(8)14)16-20(17,18)13-6-11(7-15)19-9(13)2/h3-6,16H,7,15H2,1-2H3. The summed E-state index contributed by atoms with van der Waals surface area (Å²) in [6, 6.07) is 5.38. The zero-order chi connectivity index (χ0) is 14.9. The van der Waals surface area contributed by atoms with Crippen molar-refractivity contribution in [3.05, 3.63) is 47.2 Å². The number of nitrogens with two attached hydrogens (primary N) is 1. The molecule has 0 amide bonds. The summed E-state index contributed by atoms with van der Waals surface area (Å²) < 4.78 is 45.3. The van der Waals surface area contributed by atoms with E-state index in [4.69, 9.17) is 10.2 Å². The highest BCUT2D eigenvalue weighted by atomic mass is 32.2. The number of hydrogen-bond donors (Lipinski definition) is 2. The van der Waals surface area contributed by atoms with Crippen LogP contribution >= 0.6 is 0 Å². The minimum Gasteiger partial charge on any atom is -0.464 e. The molecule has 5 nitrogen and oxygen atoms in total. The van der Waals surface area contributed by atoms with Gasteiger partial charge in [-0.25, -0.2) is 12.8 Å². The quantitative estimate of drug-likeness (QED) is 0.907. The number of rotatable bonds is 4. The molecule has 1 aromatic heterocycles. The molecule has 0 radical (unpaired) electrons. The monoisotopic (exact) mass is 298 g/mol. The van der Waals surface area contributed by atoms with Crippen LogP contribution < -0.4 is 10.5 Å². The second-order valence-corrected chi connectivity index (χ2v) is 6.06. The number of benzene rings is 1. The maximum absolute atomic E-state index is 13.2. The van der Waals surface area contributed by atoms with Crippen molar-refractivity contribution in [2.24, 2.45) is 5.73 Å². The van der Waals surface area contributed by atoms with Gasteiger partial charge in [0, 0.05) is 11.8 Å². The topological polar surface area (TPSA) is 85.3 Å². The van der Waals surface area contributed by atoms with Crippen LogP contribution in [0.4, 0.5) is 10.1 Å². The van der Waals surface area contributed by atoms with Crippen LogP contribution in [0.2, 0.25) is 0 Å². The molecule has 0 aliphatic rings. The average Bonchev–Trinajstić information content (AvgIpc) is 2.76. The summed E-state index contributed by atoms with van der Waals surface area (Å²) in [7, 11) is -3.78. The Balaban J connectivity index is 2.35. The van der Waals surface area contributed by atoms with Crippen molar-refractivity contribution in [2.75, 3.05) is 4.72 Å². The third kappa shape index (κ3) is 2.83. The Hall–Kier alpha value is -1.86. The van der Waals surface area contributed by atoms with E-state index in [2.05, 4.69) is 4.72 Å². The first-order chi connectivity index (χ1) is 9.33. The van der Waals surface area contributed by atoms with E-state index in [1.807, 2.05) is 0 Å². The van der Waals surface area contributed by atoms with Crippen LogP contribution in [0.1, 0.15) is 17.1 Å². The molecule has 7 heteroatoms. The molecular formula is C13H15FN2O3S. The smallest absolute Gasteiger partial charge is 0.265 e. The van der Waals surface area contributed by atoms with E-state index in [0.717, 1.165) is 0 Å². The third-order valence-corrected chi connectivity index (χ3v) is 4.31. The van der Waals surface area contributed by atoms with Crippen molar-refractivity contribution in [1.29, 1.82) is 0 Å². The average molecular weight is 298 g/mol. The van der Waals surface area contributed by atoms with Gasteiger partial charge in [-0.3, -0.25) is 4.72 Å². The molecule has 1 aromatic carbocycles. The van der Waals surface area contributed by atoms with Gasteiger partial charge in [0.05, 0.1) is 6.54 Å². The molecule has 2 rings (SSSR count). The van der Waals surface area contributed by atoms with E-state index in [1.54, 1.807) is 13.8 Å². The van der Waals surface area contributed by atoms with Gasteiger partial charge in [0.1, 0.15) is 22.2 Å². The summed E-state index contributed by atoms with van der Waals surface area (Å²) in [5, 5.41) is 0. The first-order valence-corrected chi connectivity index (χ1v) is 7.40. The molecule has 2 aromatic rings. The molecule has 0 bridgehead atoms. The summed E-state index contributed by atoms with van der Waals surface area (Å²) in [6.45, 7) is 3.22. The van der Waals surface area contributed by atoms with Crippen molar-refractivity contribution >= 4 is 15.7 Å². The van der Waals surface area contributed by atoms with Crippen LogP contribution in [0.3, 0.4) is 0 Å². The Bertz CT molecular complexity index is 738. The molecule has 3 N–H and O–H groups in total. The lowest BCUT2D eigenvalue weighted by Crippen LogP contribution is -2.13. The molecule has 0 fully saturated rings. The minimum absolute atomic E-state index is 0.0277. The Kier molecular flexibility index (Phi) is 3.82. The Morgan fingerprint density at radius 1 is 1.30 bits per heavy atom. The second kappa shape index (κ2) is 5.26. The first-order valence-electron chi connectivity index (χ1n) is 5.92. The van der Waals surface area contributed by atoms with Crippen LogP contribution in [0.5, 0.6) is 0 Å². The minimum atomic E-state index is -3.78. The maximum Gasteiger partial charge on any atom is 0.265 e. The zero-order valence-corrected chi connectivity index (χ0v) is 11.9. The van der Waals surface area contributed by atoms with Gasteiger partial charge in [-0.15, -0.1) is 0 Å². The zero-order valence-electron chi connectivity index (χ0n) is 11.1. The number of anilines is 1. The molecule has 0 aliphatic carbocycles. The molecule has 1 heterocycles. The highest BCUT2D eigenvalue weighted by molar-refractivity contribution is 7.92. The predicted molar refractivity (Wildman–Crippen MR) is 73.3 cm³/mol. The van der Waals surface area contributed by atoms with Gasteiger partial charge in [0.15, 0.2) is 0 Å². The summed E-state index contributed by atoms with van der Waals surface area (Å²) in [5.41, 5.74) is 6.06. The highest BCUT2D eigenvalue weighted by Gasteiger charge is 2.21. The van der Waals surface area contributed by atoms with E-state index in [-0.39, 0.29) is 17.2 Å². The molecule has 108 valence electrons. The Morgan fingerprint density at radius 2 is 2.00 bits per heavy atom. The van der Waals surface area contributed by atoms with Gasteiger partial charge in [-0.2, -0.15) is 0 Å². The fraction of sp³-hybridized carbons (Fsp3) is 0.231. The van der Waals surface area contributed by atoms with Crippen molar-refractivity contribution in [3.63, 3.8) is 0 Å². The Labute approximate surface area is 116 Å². The lowest BCUT2D eigenvalue weighted by molar-refractivity contribution is 0.479. The first kappa shape index (κ1) is 14.5. The van der Waals surface area contributed by atoms with Crippen LogP contribution in [-0.4, -0.2) is 8.42 Å². The fourth-order valence-corrected chi connectivity index (χ4v) is 3.06. The lowest BCUT2D eigenvalue weighted by Gasteiger charge is -2.08. The van der Waals surface area contributed by atoms with Crippen LogP contribution in [0.25, 0.3) is 0 Å². The molecule has 0 saturated heterocycles. The van der Waals surface area contributed by atoms with Crippen molar-refractivity contribution < 1.29 is 17.2 Å². The summed E-state index contributed by atoms with van der Waals surface area (Å²) >= 11 is 0. The van der Waals surface area contributed by atoms with Crippen LogP contribution in [-0.2, 0) is 16.6 Å². The molecule has 0 saturated carbocycles. The number of halogens is 1. The van der Waals surface area contributed by atoms with Crippen molar-refractivity contribution in [3.8, 4) is 0 Å². The number of sulfonamides is 1. The lowest BCUT2D eigenvalue weighted by atomic mass is 10.2. The van der Waals surface area contributed by atoms with Crippen molar-refractivity contribution in [2.45, 2.75) is 25.3 Å². The number of hydrogen-bond acceptors (Lipinski definition) is 4. The molecule has 20 heavy (non-hydrogen) atoms. The second-order valence-electron chi connectivity index (χ2n) is 4.41. The SMILES string of the molecule is Cc1cc(NS(=O)(=O)c2cc(CN)oc2C)ccc1F. The summed E-state index contributed by atoms with van der Waals surface area (Å²) in [6.07, 6.45) is 0. The molecule has 0 atom stereocenters. The highest BCUT2D eigenvalue weighted by Crippen LogP contribution is 2.23. The molecule has 0 unspecified atom stereocenters. The summed E-state index contributed by atoms with van der Waals surface area (Å²) in [4.78, 5) is 0.0277. The van der Waals surface area contributed by atoms with Gasteiger partial charge < -0.3 is 10.2 Å². The third-order valence-electron chi connectivity index (χ3n) is 2.82. The van der Waals surface area contributed by atoms with Gasteiger partial charge in [-0.1, -0.05) is 0 Å². The Morgan fingerprint density at radius 3 is 2.55 bits per heavy atom. The van der Waals surface area contributed by atoms with Gasteiger partial charge in [-0.05, 0) is 37.6 Å². The molecule has 0 aliphatic heterocycles. The van der Waals surface area contributed by atoms with Gasteiger partial charge >= 0.3 is 0 Å². The number of furan rings is 1. The van der Waals surface area contributed by atoms with Crippen molar-refractivity contribution in [1.82, 2.24) is 0 Å². The largest absolute Gasteiger partial charge is 0.464 e. The number of aryl methyl sites for hydroxylation is 2. The number of nitrogens with one attached hydrogen (secondary N) is 1.